The number of morpholine rings is 1. The zero-order valence-corrected chi connectivity index (χ0v) is 11.6. The van der Waals surface area contributed by atoms with E-state index < -0.39 is 0 Å². The number of nitrogens with zero attached hydrogens (tertiary/aromatic N) is 3. The molecule has 0 bridgehead atoms. The first-order chi connectivity index (χ1) is 9.93. The second kappa shape index (κ2) is 6.63. The monoisotopic (exact) mass is 272 g/mol. The summed E-state index contributed by atoms with van der Waals surface area (Å²) in [5.41, 5.74) is 2.00. The van der Waals surface area contributed by atoms with Crippen molar-refractivity contribution in [1.82, 2.24) is 15.1 Å². The number of fused-ring (bicyclic) bond motifs is 1. The van der Waals surface area contributed by atoms with Crippen LogP contribution in [-0.4, -0.2) is 54.5 Å². The second-order valence-corrected chi connectivity index (χ2v) is 5.01. The van der Waals surface area contributed by atoms with Gasteiger partial charge in [-0.1, -0.05) is 18.2 Å². The third-order valence-corrected chi connectivity index (χ3v) is 3.62. The van der Waals surface area contributed by atoms with Gasteiger partial charge in [0.1, 0.15) is 0 Å². The summed E-state index contributed by atoms with van der Waals surface area (Å²) in [6.07, 6.45) is 2.92. The number of benzene rings is 1. The fourth-order valence-corrected chi connectivity index (χ4v) is 2.50. The molecule has 3 rings (SSSR count). The predicted molar refractivity (Wildman–Crippen MR) is 79.9 cm³/mol. The summed E-state index contributed by atoms with van der Waals surface area (Å²) in [5, 5.41) is 12.8. The van der Waals surface area contributed by atoms with E-state index in [-0.39, 0.29) is 0 Å². The predicted octanol–water partition coefficient (Wildman–Crippen LogP) is 1.76. The smallest absolute Gasteiger partial charge is 0.0950 e. The van der Waals surface area contributed by atoms with Gasteiger partial charge in [-0.2, -0.15) is 10.2 Å². The number of rotatable bonds is 5. The lowest BCUT2D eigenvalue weighted by molar-refractivity contribution is 0.0378. The second-order valence-electron chi connectivity index (χ2n) is 5.01. The Morgan fingerprint density at radius 2 is 2.05 bits per heavy atom. The van der Waals surface area contributed by atoms with Crippen LogP contribution in [0.4, 0.5) is 5.69 Å². The molecule has 20 heavy (non-hydrogen) atoms. The fraction of sp³-hybridized carbons (Fsp3) is 0.467. The third-order valence-electron chi connectivity index (χ3n) is 3.62. The maximum absolute atomic E-state index is 5.35. The summed E-state index contributed by atoms with van der Waals surface area (Å²) in [4.78, 5) is 2.45. The van der Waals surface area contributed by atoms with Crippen molar-refractivity contribution in [2.24, 2.45) is 0 Å². The lowest BCUT2D eigenvalue weighted by atomic mass is 10.2. The van der Waals surface area contributed by atoms with Gasteiger partial charge in [0, 0.05) is 25.0 Å². The topological polar surface area (TPSA) is 50.3 Å². The number of anilines is 1. The molecule has 1 aromatic heterocycles. The minimum absolute atomic E-state index is 0.867. The standard InChI is InChI=1S/C15H20N4O/c1-2-5-14-13(4-1)15(12-17-18-14)16-6-3-7-19-8-10-20-11-9-19/h1-2,4-5,12H,3,6-11H2,(H,16,18). The molecule has 0 unspecified atom stereocenters. The molecule has 5 heteroatoms. The number of hydrogen-bond donors (Lipinski definition) is 1. The molecule has 5 nitrogen and oxygen atoms in total. The Balaban J connectivity index is 1.52. The maximum Gasteiger partial charge on any atom is 0.0950 e. The van der Waals surface area contributed by atoms with Gasteiger partial charge in [0.2, 0.25) is 0 Å². The molecule has 0 saturated carbocycles. The van der Waals surface area contributed by atoms with Crippen LogP contribution >= 0.6 is 0 Å². The number of aromatic nitrogens is 2. The van der Waals surface area contributed by atoms with E-state index in [2.05, 4.69) is 26.5 Å². The largest absolute Gasteiger partial charge is 0.383 e. The van der Waals surface area contributed by atoms with E-state index in [0.717, 1.165) is 62.4 Å². The van der Waals surface area contributed by atoms with Gasteiger partial charge < -0.3 is 10.1 Å². The van der Waals surface area contributed by atoms with E-state index in [9.17, 15) is 0 Å². The highest BCUT2D eigenvalue weighted by Gasteiger charge is 2.09. The van der Waals surface area contributed by atoms with Gasteiger partial charge in [-0.05, 0) is 19.0 Å². The quantitative estimate of drug-likeness (QED) is 0.841. The number of ether oxygens (including phenoxy) is 1. The van der Waals surface area contributed by atoms with Gasteiger partial charge in [-0.15, -0.1) is 0 Å². The van der Waals surface area contributed by atoms with Gasteiger partial charge in [-0.3, -0.25) is 4.90 Å². The molecule has 0 atom stereocenters. The van der Waals surface area contributed by atoms with Crippen LogP contribution in [0.15, 0.2) is 30.5 Å². The Morgan fingerprint density at radius 1 is 1.20 bits per heavy atom. The minimum Gasteiger partial charge on any atom is -0.383 e. The van der Waals surface area contributed by atoms with Crippen LogP contribution in [0.2, 0.25) is 0 Å². The van der Waals surface area contributed by atoms with Crippen LogP contribution in [0.1, 0.15) is 6.42 Å². The summed E-state index contributed by atoms with van der Waals surface area (Å²) in [7, 11) is 0. The van der Waals surface area contributed by atoms with Crippen molar-refractivity contribution >= 4 is 16.6 Å². The maximum atomic E-state index is 5.35. The number of nitrogens with one attached hydrogen (secondary N) is 1. The van der Waals surface area contributed by atoms with Crippen molar-refractivity contribution < 1.29 is 4.74 Å². The molecule has 2 heterocycles. The van der Waals surface area contributed by atoms with Crippen molar-refractivity contribution in [3.63, 3.8) is 0 Å². The summed E-state index contributed by atoms with van der Waals surface area (Å²) in [5.74, 6) is 0. The Kier molecular flexibility index (Phi) is 4.40. The van der Waals surface area contributed by atoms with Gasteiger partial charge in [0.25, 0.3) is 0 Å². The van der Waals surface area contributed by atoms with Crippen molar-refractivity contribution in [1.29, 1.82) is 0 Å². The van der Waals surface area contributed by atoms with Crippen LogP contribution in [0.5, 0.6) is 0 Å². The molecule has 0 aliphatic carbocycles. The van der Waals surface area contributed by atoms with Crippen LogP contribution < -0.4 is 5.32 Å². The molecule has 0 spiro atoms. The first-order valence-corrected chi connectivity index (χ1v) is 7.18. The van der Waals surface area contributed by atoms with Gasteiger partial charge in [-0.25, -0.2) is 0 Å². The molecule has 2 aromatic rings. The molecule has 1 saturated heterocycles. The van der Waals surface area contributed by atoms with Crippen molar-refractivity contribution in [3.05, 3.63) is 30.5 Å². The van der Waals surface area contributed by atoms with Crippen molar-refractivity contribution in [2.45, 2.75) is 6.42 Å². The van der Waals surface area contributed by atoms with E-state index >= 15 is 0 Å². The molecule has 106 valence electrons. The first-order valence-electron chi connectivity index (χ1n) is 7.18. The molecule has 1 N–H and O–H groups in total. The Morgan fingerprint density at radius 3 is 2.95 bits per heavy atom. The van der Waals surface area contributed by atoms with E-state index in [0.29, 0.717) is 0 Å². The zero-order valence-electron chi connectivity index (χ0n) is 11.6. The molecule has 1 fully saturated rings. The molecule has 1 aliphatic rings. The Hall–Kier alpha value is -1.72. The molecule has 1 aliphatic heterocycles. The molecule has 0 radical (unpaired) electrons. The van der Waals surface area contributed by atoms with E-state index in [1.807, 2.05) is 18.2 Å². The van der Waals surface area contributed by atoms with E-state index in [4.69, 9.17) is 4.74 Å². The Bertz CT molecular complexity index is 549. The number of hydrogen-bond acceptors (Lipinski definition) is 5. The summed E-state index contributed by atoms with van der Waals surface area (Å²) < 4.78 is 5.35. The van der Waals surface area contributed by atoms with Crippen LogP contribution in [0.25, 0.3) is 10.9 Å². The molecule has 1 aromatic carbocycles. The Labute approximate surface area is 118 Å². The average molecular weight is 272 g/mol. The normalized spacial score (nSPS) is 16.4. The highest BCUT2D eigenvalue weighted by Crippen LogP contribution is 2.19. The summed E-state index contributed by atoms with van der Waals surface area (Å²) in [6, 6.07) is 8.08. The highest BCUT2D eigenvalue weighted by molar-refractivity contribution is 5.90. The highest BCUT2D eigenvalue weighted by atomic mass is 16.5. The van der Waals surface area contributed by atoms with Gasteiger partial charge in [0.05, 0.1) is 30.6 Å². The zero-order chi connectivity index (χ0) is 13.6. The van der Waals surface area contributed by atoms with Crippen LogP contribution in [0.3, 0.4) is 0 Å². The minimum atomic E-state index is 0.867. The van der Waals surface area contributed by atoms with Gasteiger partial charge >= 0.3 is 0 Å². The van der Waals surface area contributed by atoms with E-state index in [1.54, 1.807) is 6.20 Å². The summed E-state index contributed by atoms with van der Waals surface area (Å²) >= 11 is 0. The van der Waals surface area contributed by atoms with Crippen LogP contribution in [-0.2, 0) is 4.74 Å². The first kappa shape index (κ1) is 13.3. The lowest BCUT2D eigenvalue weighted by Gasteiger charge is -2.26. The fourth-order valence-electron chi connectivity index (χ4n) is 2.50. The van der Waals surface area contributed by atoms with Crippen molar-refractivity contribution in [3.8, 4) is 0 Å². The average Bonchev–Trinajstić information content (AvgIpc) is 2.53. The van der Waals surface area contributed by atoms with Gasteiger partial charge in [0.15, 0.2) is 0 Å². The third kappa shape index (κ3) is 3.23. The van der Waals surface area contributed by atoms with Crippen LogP contribution in [0, 0.1) is 0 Å². The SMILES string of the molecule is c1ccc2c(NCCCN3CCOCC3)cnnc2c1. The summed E-state index contributed by atoms with van der Waals surface area (Å²) in [6.45, 7) is 5.91. The molecular formula is C15H20N4O. The molecule has 0 amide bonds. The van der Waals surface area contributed by atoms with E-state index in [1.165, 1.54) is 0 Å². The lowest BCUT2D eigenvalue weighted by Crippen LogP contribution is -2.37. The molecular weight excluding hydrogens is 252 g/mol. The van der Waals surface area contributed by atoms with Crippen molar-refractivity contribution in [2.75, 3.05) is 44.7 Å².